The van der Waals surface area contributed by atoms with Crippen LogP contribution >= 0.6 is 0 Å². The number of alkyl halides is 3. The lowest BCUT2D eigenvalue weighted by Crippen LogP contribution is -2.45. The summed E-state index contributed by atoms with van der Waals surface area (Å²) in [6, 6.07) is 2.72. The molecule has 1 amide bonds. The maximum absolute atomic E-state index is 12.6. The average Bonchev–Trinajstić information content (AvgIpc) is 2.44. The number of halogens is 3. The second-order valence-corrected chi connectivity index (χ2v) is 4.83. The Bertz CT molecular complexity index is 557. The molecular weight excluding hydrogens is 287 g/mol. The molecule has 0 bridgehead atoms. The molecule has 0 fully saturated rings. The monoisotopic (exact) mass is 303 g/mol. The van der Waals surface area contributed by atoms with Crippen molar-refractivity contribution in [2.24, 2.45) is 0 Å². The van der Waals surface area contributed by atoms with Gasteiger partial charge in [-0.15, -0.1) is 0 Å². The highest BCUT2D eigenvalue weighted by atomic mass is 19.4. The van der Waals surface area contributed by atoms with Crippen molar-refractivity contribution in [1.82, 2.24) is 4.90 Å². The highest BCUT2D eigenvalue weighted by Gasteiger charge is 2.45. The second-order valence-electron chi connectivity index (χ2n) is 4.83. The molecule has 1 aliphatic heterocycles. The van der Waals surface area contributed by atoms with Crippen LogP contribution in [0.15, 0.2) is 12.1 Å². The molecular formula is C14H16F3NO3. The van der Waals surface area contributed by atoms with Crippen molar-refractivity contribution in [3.05, 3.63) is 23.3 Å². The Balaban J connectivity index is 2.39. The minimum absolute atomic E-state index is 0.0298. The van der Waals surface area contributed by atoms with Gasteiger partial charge in [0.15, 0.2) is 11.5 Å². The summed E-state index contributed by atoms with van der Waals surface area (Å²) in [4.78, 5) is 12.3. The SMILES string of the molecule is COc1cc2c(cc1OC)C(C)N(C(=O)C(F)(F)F)CC2. The fraction of sp³-hybridized carbons (Fsp3) is 0.500. The molecule has 0 radical (unpaired) electrons. The average molecular weight is 303 g/mol. The molecule has 2 rings (SSSR count). The minimum atomic E-state index is -4.86. The van der Waals surface area contributed by atoms with Gasteiger partial charge in [0.1, 0.15) is 0 Å². The molecule has 4 nitrogen and oxygen atoms in total. The molecule has 1 atom stereocenters. The molecule has 0 aromatic heterocycles. The van der Waals surface area contributed by atoms with Crippen LogP contribution in [-0.4, -0.2) is 37.7 Å². The van der Waals surface area contributed by atoms with Crippen molar-refractivity contribution >= 4 is 5.91 Å². The zero-order valence-corrected chi connectivity index (χ0v) is 12.0. The van der Waals surface area contributed by atoms with E-state index in [1.165, 1.54) is 14.2 Å². The molecule has 0 saturated carbocycles. The van der Waals surface area contributed by atoms with Crippen LogP contribution in [0.5, 0.6) is 11.5 Å². The van der Waals surface area contributed by atoms with E-state index < -0.39 is 18.1 Å². The van der Waals surface area contributed by atoms with Crippen LogP contribution in [0.25, 0.3) is 0 Å². The van der Waals surface area contributed by atoms with E-state index in [2.05, 4.69) is 0 Å². The van der Waals surface area contributed by atoms with E-state index in [9.17, 15) is 18.0 Å². The number of benzene rings is 1. The van der Waals surface area contributed by atoms with Gasteiger partial charge in [0, 0.05) is 6.54 Å². The third-order valence-electron chi connectivity index (χ3n) is 3.69. The van der Waals surface area contributed by atoms with E-state index >= 15 is 0 Å². The van der Waals surface area contributed by atoms with Gasteiger partial charge < -0.3 is 14.4 Å². The van der Waals surface area contributed by atoms with Gasteiger partial charge in [-0.25, -0.2) is 0 Å². The first kappa shape index (κ1) is 15.5. The van der Waals surface area contributed by atoms with E-state index in [0.717, 1.165) is 10.5 Å². The highest BCUT2D eigenvalue weighted by Crippen LogP contribution is 2.39. The van der Waals surface area contributed by atoms with Gasteiger partial charge in [-0.1, -0.05) is 0 Å². The quantitative estimate of drug-likeness (QED) is 0.843. The fourth-order valence-corrected chi connectivity index (χ4v) is 2.58. The summed E-state index contributed by atoms with van der Waals surface area (Å²) in [6.07, 6.45) is -4.51. The van der Waals surface area contributed by atoms with Gasteiger partial charge in [-0.05, 0) is 36.6 Å². The number of carbonyl (C=O) groups excluding carboxylic acids is 1. The predicted octanol–water partition coefficient (Wildman–Crippen LogP) is 2.71. The number of ether oxygens (including phenoxy) is 2. The molecule has 1 heterocycles. The lowest BCUT2D eigenvalue weighted by Gasteiger charge is -2.36. The Hall–Kier alpha value is -1.92. The molecule has 1 aromatic carbocycles. The van der Waals surface area contributed by atoms with Gasteiger partial charge >= 0.3 is 12.1 Å². The van der Waals surface area contributed by atoms with E-state index in [4.69, 9.17) is 9.47 Å². The Morgan fingerprint density at radius 3 is 2.33 bits per heavy atom. The normalized spacial score (nSPS) is 18.2. The zero-order valence-electron chi connectivity index (χ0n) is 12.0. The maximum Gasteiger partial charge on any atom is 0.471 e. The summed E-state index contributed by atoms with van der Waals surface area (Å²) >= 11 is 0. The van der Waals surface area contributed by atoms with Crippen molar-refractivity contribution in [2.75, 3.05) is 20.8 Å². The Kier molecular flexibility index (Phi) is 4.02. The first-order chi connectivity index (χ1) is 9.79. The van der Waals surface area contributed by atoms with Crippen molar-refractivity contribution in [1.29, 1.82) is 0 Å². The topological polar surface area (TPSA) is 38.8 Å². The lowest BCUT2D eigenvalue weighted by atomic mass is 9.92. The van der Waals surface area contributed by atoms with E-state index in [-0.39, 0.29) is 6.54 Å². The standard InChI is InChI=1S/C14H16F3NO3/c1-8-10-7-12(21-3)11(20-2)6-9(10)4-5-18(8)13(19)14(15,16)17/h6-8H,4-5H2,1-3H3. The van der Waals surface area contributed by atoms with Crippen molar-refractivity contribution in [2.45, 2.75) is 25.6 Å². The summed E-state index contributed by atoms with van der Waals surface area (Å²) in [5, 5.41) is 0. The van der Waals surface area contributed by atoms with Gasteiger partial charge in [0.2, 0.25) is 0 Å². The number of rotatable bonds is 2. The molecule has 1 unspecified atom stereocenters. The fourth-order valence-electron chi connectivity index (χ4n) is 2.58. The number of hydrogen-bond donors (Lipinski definition) is 0. The summed E-state index contributed by atoms with van der Waals surface area (Å²) < 4.78 is 48.2. The van der Waals surface area contributed by atoms with Gasteiger partial charge in [-0.3, -0.25) is 4.79 Å². The van der Waals surface area contributed by atoms with E-state index in [1.54, 1.807) is 19.1 Å². The van der Waals surface area contributed by atoms with Crippen LogP contribution in [0, 0.1) is 0 Å². The lowest BCUT2D eigenvalue weighted by molar-refractivity contribution is -0.188. The Labute approximate surface area is 120 Å². The van der Waals surface area contributed by atoms with Crippen LogP contribution in [-0.2, 0) is 11.2 Å². The van der Waals surface area contributed by atoms with E-state index in [1.807, 2.05) is 0 Å². The van der Waals surface area contributed by atoms with E-state index in [0.29, 0.717) is 23.5 Å². The number of fused-ring (bicyclic) bond motifs is 1. The van der Waals surface area contributed by atoms with Crippen LogP contribution in [0.4, 0.5) is 13.2 Å². The maximum atomic E-state index is 12.6. The third-order valence-corrected chi connectivity index (χ3v) is 3.69. The molecule has 1 aromatic rings. The smallest absolute Gasteiger partial charge is 0.471 e. The first-order valence-corrected chi connectivity index (χ1v) is 6.42. The molecule has 0 spiro atoms. The van der Waals surface area contributed by atoms with Crippen molar-refractivity contribution in [3.8, 4) is 11.5 Å². The van der Waals surface area contributed by atoms with Gasteiger partial charge in [-0.2, -0.15) is 13.2 Å². The zero-order chi connectivity index (χ0) is 15.8. The Morgan fingerprint density at radius 1 is 1.24 bits per heavy atom. The number of hydrogen-bond acceptors (Lipinski definition) is 3. The second kappa shape index (κ2) is 5.46. The summed E-state index contributed by atoms with van der Waals surface area (Å²) in [7, 11) is 2.95. The number of amides is 1. The van der Waals surface area contributed by atoms with Crippen LogP contribution < -0.4 is 9.47 Å². The molecule has 0 N–H and O–H groups in total. The minimum Gasteiger partial charge on any atom is -0.493 e. The molecule has 7 heteroatoms. The number of carbonyl (C=O) groups is 1. The summed E-state index contributed by atoms with van der Waals surface area (Å²) in [5.41, 5.74) is 1.52. The first-order valence-electron chi connectivity index (χ1n) is 6.42. The summed E-state index contributed by atoms with van der Waals surface area (Å²) in [6.45, 7) is 1.61. The Morgan fingerprint density at radius 2 is 1.81 bits per heavy atom. The van der Waals surface area contributed by atoms with Crippen LogP contribution in [0.1, 0.15) is 24.1 Å². The summed E-state index contributed by atoms with van der Waals surface area (Å²) in [5.74, 6) is -0.848. The van der Waals surface area contributed by atoms with Crippen LogP contribution in [0.3, 0.4) is 0 Å². The largest absolute Gasteiger partial charge is 0.493 e. The molecule has 21 heavy (non-hydrogen) atoms. The van der Waals surface area contributed by atoms with Crippen molar-refractivity contribution < 1.29 is 27.4 Å². The van der Waals surface area contributed by atoms with Gasteiger partial charge in [0.25, 0.3) is 0 Å². The molecule has 0 saturated heterocycles. The molecule has 1 aliphatic rings. The number of methoxy groups -OCH3 is 2. The number of nitrogens with zero attached hydrogens (tertiary/aromatic N) is 1. The third kappa shape index (κ3) is 2.77. The molecule has 116 valence electrons. The van der Waals surface area contributed by atoms with Crippen molar-refractivity contribution in [3.63, 3.8) is 0 Å². The van der Waals surface area contributed by atoms with Gasteiger partial charge in [0.05, 0.1) is 20.3 Å². The highest BCUT2D eigenvalue weighted by molar-refractivity contribution is 5.82. The van der Waals surface area contributed by atoms with Crippen LogP contribution in [0.2, 0.25) is 0 Å². The predicted molar refractivity (Wildman–Crippen MR) is 69.4 cm³/mol. The molecule has 0 aliphatic carbocycles.